The maximum atomic E-state index is 14.1. The van der Waals surface area contributed by atoms with Crippen LogP contribution in [0.5, 0.6) is 0 Å². The molecule has 0 unspecified atom stereocenters. The van der Waals surface area contributed by atoms with Crippen molar-refractivity contribution in [1.29, 1.82) is 0 Å². The number of hydrogen-bond acceptors (Lipinski definition) is 4. The number of carbonyl (C=O) groups is 1. The maximum absolute atomic E-state index is 14.1. The normalized spacial score (nSPS) is 15.9. The number of rotatable bonds is 10. The molecule has 42 heavy (non-hydrogen) atoms. The van der Waals surface area contributed by atoms with E-state index < -0.39 is 44.4 Å². The summed E-state index contributed by atoms with van der Waals surface area (Å²) in [6.45, 7) is 4.87. The van der Waals surface area contributed by atoms with E-state index in [-0.39, 0.29) is 25.5 Å². The second-order valence-electron chi connectivity index (χ2n) is 10.5. The summed E-state index contributed by atoms with van der Waals surface area (Å²) in [6, 6.07) is 13.4. The Morgan fingerprint density at radius 1 is 1.02 bits per heavy atom. The number of hydrogen-bond donors (Lipinski definition) is 3. The van der Waals surface area contributed by atoms with Gasteiger partial charge in [0, 0.05) is 19.0 Å². The smallest absolute Gasteiger partial charge is 0.349 e. The number of amides is 1. The van der Waals surface area contributed by atoms with Crippen molar-refractivity contribution in [2.45, 2.75) is 82.7 Å². The second-order valence-corrected chi connectivity index (χ2v) is 12.3. The minimum absolute atomic E-state index is 0. The lowest BCUT2D eigenvalue weighted by Gasteiger charge is -2.28. The molecule has 0 fully saturated rings. The molecule has 0 aromatic heterocycles. The van der Waals surface area contributed by atoms with Crippen LogP contribution in [0.3, 0.4) is 0 Å². The molecular weight excluding hydrogens is 570 g/mol. The Bertz CT molecular complexity index is 1490. The molecule has 2 atom stereocenters. The third-order valence-corrected chi connectivity index (χ3v) is 8.45. The van der Waals surface area contributed by atoms with Crippen molar-refractivity contribution >= 4 is 15.9 Å². The van der Waals surface area contributed by atoms with Gasteiger partial charge >= 0.3 is 6.18 Å². The number of benzene rings is 3. The summed E-state index contributed by atoms with van der Waals surface area (Å²) >= 11 is 0. The van der Waals surface area contributed by atoms with Crippen LogP contribution in [0.1, 0.15) is 80.4 Å². The van der Waals surface area contributed by atoms with Crippen LogP contribution in [0.15, 0.2) is 71.6 Å². The predicted molar refractivity (Wildman–Crippen MR) is 154 cm³/mol. The van der Waals surface area contributed by atoms with E-state index in [1.54, 1.807) is 0 Å². The highest BCUT2D eigenvalue weighted by atomic mass is 32.2. The number of aryl methyl sites for hydroxylation is 1. The van der Waals surface area contributed by atoms with E-state index in [4.69, 9.17) is 0 Å². The third-order valence-electron chi connectivity index (χ3n) is 6.98. The molecule has 1 amide bonds. The zero-order valence-corrected chi connectivity index (χ0v) is 23.6. The van der Waals surface area contributed by atoms with E-state index in [1.165, 1.54) is 18.2 Å². The van der Waals surface area contributed by atoms with Gasteiger partial charge in [-0.3, -0.25) is 4.79 Å². The van der Waals surface area contributed by atoms with Crippen LogP contribution in [0.2, 0.25) is 0 Å². The van der Waals surface area contributed by atoms with Gasteiger partial charge in [-0.25, -0.2) is 17.5 Å². The van der Waals surface area contributed by atoms with Gasteiger partial charge in [-0.1, -0.05) is 57.7 Å². The summed E-state index contributed by atoms with van der Waals surface area (Å²) in [5, 5.41) is 6.37. The minimum Gasteiger partial charge on any atom is -0.349 e. The van der Waals surface area contributed by atoms with E-state index in [2.05, 4.69) is 35.3 Å². The van der Waals surface area contributed by atoms with Gasteiger partial charge in [0.2, 0.25) is 15.9 Å². The zero-order chi connectivity index (χ0) is 29.8. The van der Waals surface area contributed by atoms with Gasteiger partial charge in [0.25, 0.3) is 0 Å². The minimum atomic E-state index is -4.74. The first-order valence-electron chi connectivity index (χ1n) is 13.4. The molecule has 3 N–H and O–H groups in total. The third kappa shape index (κ3) is 8.62. The lowest BCUT2D eigenvalue weighted by molar-refractivity contribution is -0.137. The van der Waals surface area contributed by atoms with Gasteiger partial charge in [0.15, 0.2) is 0 Å². The average Bonchev–Trinajstić information content (AvgIpc) is 2.91. The van der Waals surface area contributed by atoms with Crippen LogP contribution in [0.25, 0.3) is 0 Å². The average molecular weight is 608 g/mol. The van der Waals surface area contributed by atoms with Crippen molar-refractivity contribution in [2.24, 2.45) is 0 Å². The fraction of sp³-hybridized carbons (Fsp3) is 0.387. The van der Waals surface area contributed by atoms with Crippen LogP contribution in [0.4, 0.5) is 17.6 Å². The van der Waals surface area contributed by atoms with Gasteiger partial charge < -0.3 is 10.6 Å². The van der Waals surface area contributed by atoms with Crippen LogP contribution in [-0.2, 0) is 34.0 Å². The summed E-state index contributed by atoms with van der Waals surface area (Å²) in [4.78, 5) is 12.6. The highest BCUT2D eigenvalue weighted by Gasteiger charge is 2.33. The Morgan fingerprint density at radius 3 is 2.45 bits per heavy atom. The Morgan fingerprint density at radius 2 is 1.76 bits per heavy atom. The number of alkyl halides is 3. The van der Waals surface area contributed by atoms with Gasteiger partial charge in [-0.2, -0.15) is 13.2 Å². The molecule has 0 saturated carbocycles. The standard InChI is InChI=1S/C30H33F4N3O3S.CH4/c1-19(2)35-18-20-12-13-26-21(14-20)6-4-11-27(26)36-29(38)17-28(22-7-3-9-24(31)15-22)37-41(39,40)25-10-5-8-23(16-25)30(32,33)34;/h3,5,7-10,12-16,19,27-28,35,37H,4,6,11,17-18H2,1-2H3,(H,36,38);1H4/t27-,28-;/m1./s1. The van der Waals surface area contributed by atoms with Crippen LogP contribution in [-0.4, -0.2) is 20.4 Å². The molecule has 0 aliphatic heterocycles. The van der Waals surface area contributed by atoms with Gasteiger partial charge in [0.1, 0.15) is 5.82 Å². The van der Waals surface area contributed by atoms with Crippen molar-refractivity contribution in [3.8, 4) is 0 Å². The van der Waals surface area contributed by atoms with E-state index in [0.29, 0.717) is 18.5 Å². The number of nitrogens with one attached hydrogen (secondary N) is 3. The molecular formula is C31H37F4N3O3S. The van der Waals surface area contributed by atoms with Crippen molar-refractivity contribution in [3.63, 3.8) is 0 Å². The van der Waals surface area contributed by atoms with Crippen molar-refractivity contribution in [1.82, 2.24) is 15.4 Å². The number of fused-ring (bicyclic) bond motifs is 1. The largest absolute Gasteiger partial charge is 0.416 e. The van der Waals surface area contributed by atoms with Crippen LogP contribution in [0, 0.1) is 5.82 Å². The van der Waals surface area contributed by atoms with E-state index >= 15 is 0 Å². The monoisotopic (exact) mass is 607 g/mol. The molecule has 3 aromatic rings. The molecule has 4 rings (SSSR count). The van der Waals surface area contributed by atoms with Gasteiger partial charge in [0.05, 0.1) is 22.5 Å². The zero-order valence-electron chi connectivity index (χ0n) is 22.8. The molecule has 1 aliphatic rings. The quantitative estimate of drug-likeness (QED) is 0.227. The number of carbonyl (C=O) groups excluding carboxylic acids is 1. The van der Waals surface area contributed by atoms with Crippen LogP contribution < -0.4 is 15.4 Å². The molecule has 0 spiro atoms. The summed E-state index contributed by atoms with van der Waals surface area (Å²) in [5.41, 5.74) is 2.31. The number of sulfonamides is 1. The Labute approximate surface area is 245 Å². The highest BCUT2D eigenvalue weighted by molar-refractivity contribution is 7.89. The lowest BCUT2D eigenvalue weighted by Crippen LogP contribution is -2.36. The molecule has 0 heterocycles. The summed E-state index contributed by atoms with van der Waals surface area (Å²) in [5.74, 6) is -1.12. The molecule has 3 aromatic carbocycles. The highest BCUT2D eigenvalue weighted by Crippen LogP contribution is 2.33. The molecule has 0 bridgehead atoms. The molecule has 6 nitrogen and oxygen atoms in total. The Hall–Kier alpha value is -3.28. The van der Waals surface area contributed by atoms with Gasteiger partial charge in [-0.05, 0) is 71.8 Å². The first-order valence-corrected chi connectivity index (χ1v) is 14.9. The Balaban J connectivity index is 0.00000484. The van der Waals surface area contributed by atoms with Crippen molar-refractivity contribution in [3.05, 3.63) is 100 Å². The summed E-state index contributed by atoms with van der Waals surface area (Å²) < 4.78 is 82.3. The fourth-order valence-electron chi connectivity index (χ4n) is 4.93. The van der Waals surface area contributed by atoms with Crippen molar-refractivity contribution < 1.29 is 30.8 Å². The fourth-order valence-corrected chi connectivity index (χ4v) is 6.20. The van der Waals surface area contributed by atoms with Crippen LogP contribution >= 0.6 is 0 Å². The van der Waals surface area contributed by atoms with Crippen molar-refractivity contribution in [2.75, 3.05) is 0 Å². The topological polar surface area (TPSA) is 87.3 Å². The molecule has 1 aliphatic carbocycles. The molecule has 11 heteroatoms. The number of halogens is 4. The molecule has 228 valence electrons. The SMILES string of the molecule is C.CC(C)NCc1ccc2c(c1)CCC[C@H]2NC(=O)C[C@@H](NS(=O)(=O)c1cccc(C(F)(F)F)c1)c1cccc(F)c1. The maximum Gasteiger partial charge on any atom is 0.416 e. The Kier molecular flexibility index (Phi) is 10.9. The van der Waals surface area contributed by atoms with Gasteiger partial charge in [-0.15, -0.1) is 0 Å². The predicted octanol–water partition coefficient (Wildman–Crippen LogP) is 6.58. The van der Waals surface area contributed by atoms with E-state index in [9.17, 15) is 30.8 Å². The van der Waals surface area contributed by atoms with E-state index in [0.717, 1.165) is 60.3 Å². The summed E-state index contributed by atoms with van der Waals surface area (Å²) in [7, 11) is -4.51. The summed E-state index contributed by atoms with van der Waals surface area (Å²) in [6.07, 6.45) is -2.70. The van der Waals surface area contributed by atoms with E-state index in [1.807, 2.05) is 12.1 Å². The lowest BCUT2D eigenvalue weighted by atomic mass is 9.86. The second kappa shape index (κ2) is 13.8. The first kappa shape index (κ1) is 33.2. The first-order chi connectivity index (χ1) is 19.3. The molecule has 0 saturated heterocycles. The molecule has 0 radical (unpaired) electrons.